The Morgan fingerprint density at radius 2 is 1.86 bits per heavy atom. The summed E-state index contributed by atoms with van der Waals surface area (Å²) < 4.78 is 29.2. The highest BCUT2D eigenvalue weighted by Gasteiger charge is 2.26. The Bertz CT molecular complexity index is 1520. The summed E-state index contributed by atoms with van der Waals surface area (Å²) in [6.07, 6.45) is 2.71. The molecule has 2 aromatic carbocycles. The summed E-state index contributed by atoms with van der Waals surface area (Å²) in [5.74, 6) is 2.40. The largest absolute Gasteiger partial charge is 0.494 e. The number of ether oxygens (including phenoxy) is 4. The number of nitrogens with one attached hydrogen (secondary N) is 2. The minimum absolute atomic E-state index is 0.119. The number of aryl methyl sites for hydroxylation is 1. The van der Waals surface area contributed by atoms with Crippen molar-refractivity contribution in [1.82, 2.24) is 25.4 Å². The second-order valence-electron chi connectivity index (χ2n) is 13.0. The second kappa shape index (κ2) is 18.0. The first-order valence-electron chi connectivity index (χ1n) is 17.4. The minimum Gasteiger partial charge on any atom is -0.494 e. The van der Waals surface area contributed by atoms with Gasteiger partial charge >= 0.3 is 0 Å². The average molecular weight is 678 g/mol. The van der Waals surface area contributed by atoms with Crippen molar-refractivity contribution in [1.29, 1.82) is 0 Å². The van der Waals surface area contributed by atoms with Crippen molar-refractivity contribution in [3.05, 3.63) is 59.5 Å². The van der Waals surface area contributed by atoms with E-state index in [1.54, 1.807) is 7.11 Å². The zero-order chi connectivity index (χ0) is 34.6. The third kappa shape index (κ3) is 10.7. The zero-order valence-corrected chi connectivity index (χ0v) is 29.3. The second-order valence-corrected chi connectivity index (χ2v) is 13.0. The fourth-order valence-electron chi connectivity index (χ4n) is 6.00. The molecule has 1 aromatic heterocycles. The molecule has 2 amide bonds. The number of amides is 2. The highest BCUT2D eigenvalue weighted by atomic mass is 16.5. The molecule has 0 saturated carbocycles. The van der Waals surface area contributed by atoms with Gasteiger partial charge in [0.25, 0.3) is 0 Å². The molecule has 1 atom stereocenters. The molecule has 0 unspecified atom stereocenters. The number of carbonyl (C=O) groups is 2. The van der Waals surface area contributed by atoms with Gasteiger partial charge in [0.1, 0.15) is 23.2 Å². The lowest BCUT2D eigenvalue weighted by atomic mass is 10.0. The maximum absolute atomic E-state index is 13.4. The Labute approximate surface area is 289 Å². The molecule has 0 aliphatic carbocycles. The lowest BCUT2D eigenvalue weighted by Crippen LogP contribution is -2.51. The predicted octanol–water partition coefficient (Wildman–Crippen LogP) is 4.19. The minimum atomic E-state index is -0.702. The van der Waals surface area contributed by atoms with Crippen molar-refractivity contribution in [2.24, 2.45) is 5.92 Å². The third-order valence-electron chi connectivity index (χ3n) is 8.79. The van der Waals surface area contributed by atoms with Gasteiger partial charge in [-0.2, -0.15) is 0 Å². The van der Waals surface area contributed by atoms with Gasteiger partial charge < -0.3 is 34.0 Å². The number of nitrogens with zero attached hydrogens (tertiary/aromatic N) is 3. The molecular weight excluding hydrogens is 626 g/mol. The van der Waals surface area contributed by atoms with Gasteiger partial charge in [-0.15, -0.1) is 0 Å². The quantitative estimate of drug-likeness (QED) is 0.302. The van der Waals surface area contributed by atoms with Crippen molar-refractivity contribution >= 4 is 11.8 Å². The summed E-state index contributed by atoms with van der Waals surface area (Å²) in [4.78, 5) is 35.9. The number of fused-ring (bicyclic) bond motifs is 5. The monoisotopic (exact) mass is 677 g/mol. The number of benzene rings is 2. The van der Waals surface area contributed by atoms with Crippen LogP contribution in [0.2, 0.25) is 0 Å². The number of methoxy groups -OCH3 is 1. The predicted molar refractivity (Wildman–Crippen MR) is 186 cm³/mol. The molecular formula is C37H51N5O7. The van der Waals surface area contributed by atoms with E-state index in [1.807, 2.05) is 63.2 Å². The van der Waals surface area contributed by atoms with Crippen molar-refractivity contribution in [3.63, 3.8) is 0 Å². The van der Waals surface area contributed by atoms with Gasteiger partial charge in [-0.1, -0.05) is 26.0 Å². The van der Waals surface area contributed by atoms with Crippen LogP contribution in [0.5, 0.6) is 17.2 Å². The van der Waals surface area contributed by atoms with Gasteiger partial charge in [0.05, 0.1) is 46.6 Å². The number of carbonyl (C=O) groups excluding carboxylic acids is 2. The summed E-state index contributed by atoms with van der Waals surface area (Å²) in [6.45, 7) is 12.8. The third-order valence-corrected chi connectivity index (χ3v) is 8.79. The fourth-order valence-corrected chi connectivity index (χ4v) is 6.00. The van der Waals surface area contributed by atoms with E-state index in [-0.39, 0.29) is 30.8 Å². The SMILES string of the molecule is COc1ccc2cc1OCCCN(Cc1cccc(OCCCCN3CCOCC3)c1)CC(=O)N[C@@H](C(C)C)C(=O)NCc1nc-2oc1C. The fraction of sp³-hybridized carbons (Fsp3) is 0.541. The van der Waals surface area contributed by atoms with Crippen LogP contribution >= 0.6 is 0 Å². The Morgan fingerprint density at radius 1 is 1.02 bits per heavy atom. The summed E-state index contributed by atoms with van der Waals surface area (Å²) >= 11 is 0. The lowest BCUT2D eigenvalue weighted by Gasteiger charge is -2.26. The summed E-state index contributed by atoms with van der Waals surface area (Å²) in [5, 5.41) is 5.92. The van der Waals surface area contributed by atoms with Gasteiger partial charge in [-0.3, -0.25) is 19.4 Å². The molecule has 5 rings (SSSR count). The number of morpholine rings is 1. The van der Waals surface area contributed by atoms with Crippen LogP contribution in [0, 0.1) is 12.8 Å². The van der Waals surface area contributed by atoms with E-state index in [4.69, 9.17) is 23.4 Å². The highest BCUT2D eigenvalue weighted by molar-refractivity contribution is 5.88. The van der Waals surface area contributed by atoms with Gasteiger partial charge in [-0.05, 0) is 74.5 Å². The summed E-state index contributed by atoms with van der Waals surface area (Å²) in [5.41, 5.74) is 2.39. The molecule has 12 heteroatoms. The van der Waals surface area contributed by atoms with Crippen molar-refractivity contribution in [2.45, 2.75) is 59.2 Å². The Hall–Kier alpha value is -4.13. The van der Waals surface area contributed by atoms with Crippen LogP contribution in [0.15, 0.2) is 46.9 Å². The van der Waals surface area contributed by atoms with E-state index >= 15 is 0 Å². The molecule has 266 valence electrons. The van der Waals surface area contributed by atoms with Gasteiger partial charge in [-0.25, -0.2) is 4.98 Å². The topological polar surface area (TPSA) is 128 Å². The van der Waals surface area contributed by atoms with Crippen LogP contribution < -0.4 is 24.8 Å². The molecule has 1 fully saturated rings. The van der Waals surface area contributed by atoms with Gasteiger partial charge in [0, 0.05) is 31.7 Å². The number of rotatable bonds is 10. The van der Waals surface area contributed by atoms with Crippen LogP contribution in [0.25, 0.3) is 11.5 Å². The molecule has 3 heterocycles. The Morgan fingerprint density at radius 3 is 2.65 bits per heavy atom. The maximum atomic E-state index is 13.4. The highest BCUT2D eigenvalue weighted by Crippen LogP contribution is 2.33. The van der Waals surface area contributed by atoms with Crippen LogP contribution in [0.4, 0.5) is 0 Å². The summed E-state index contributed by atoms with van der Waals surface area (Å²) in [6, 6.07) is 12.9. The molecule has 2 aliphatic heterocycles. The molecule has 3 aromatic rings. The van der Waals surface area contributed by atoms with Gasteiger partial charge in [0.2, 0.25) is 17.7 Å². The van der Waals surface area contributed by atoms with Crippen LogP contribution in [-0.2, 0) is 27.4 Å². The molecule has 49 heavy (non-hydrogen) atoms. The van der Waals surface area contributed by atoms with Crippen LogP contribution in [0.3, 0.4) is 0 Å². The van der Waals surface area contributed by atoms with E-state index < -0.39 is 6.04 Å². The standard InChI is InChI=1S/C37H51N5O7/c1-26(2)35-36(44)38-23-31-27(3)49-37(39-31)29-11-12-32(45-4)33(22-29)48-18-8-14-42(25-34(43)40-35)24-28-9-7-10-30(21-28)47-17-6-5-13-41-15-19-46-20-16-41/h7,9-12,21-22,26,35H,5-6,8,13-20,23-25H2,1-4H3,(H,38,44)(H,40,43)/t35-/m0/s1. The van der Waals surface area contributed by atoms with E-state index in [0.717, 1.165) is 62.6 Å². The van der Waals surface area contributed by atoms with E-state index in [1.165, 1.54) is 0 Å². The molecule has 1 saturated heterocycles. The van der Waals surface area contributed by atoms with E-state index in [9.17, 15) is 9.59 Å². The van der Waals surface area contributed by atoms with Crippen LogP contribution in [-0.4, -0.2) is 98.9 Å². The van der Waals surface area contributed by atoms with Crippen molar-refractivity contribution in [2.75, 3.05) is 66.3 Å². The molecule has 2 N–H and O–H groups in total. The number of hydrogen-bond donors (Lipinski definition) is 2. The maximum Gasteiger partial charge on any atom is 0.243 e. The summed E-state index contributed by atoms with van der Waals surface area (Å²) in [7, 11) is 1.60. The Kier molecular flexibility index (Phi) is 13.3. The molecule has 2 aliphatic rings. The molecule has 0 radical (unpaired) electrons. The van der Waals surface area contributed by atoms with E-state index in [2.05, 4.69) is 25.4 Å². The number of aromatic nitrogens is 1. The smallest absolute Gasteiger partial charge is 0.243 e. The Balaban J connectivity index is 1.26. The number of hydrogen-bond acceptors (Lipinski definition) is 10. The average Bonchev–Trinajstić information content (AvgIpc) is 3.47. The van der Waals surface area contributed by atoms with Crippen LogP contribution in [0.1, 0.15) is 50.1 Å². The first kappa shape index (κ1) is 36.2. The first-order valence-corrected chi connectivity index (χ1v) is 17.4. The van der Waals surface area contributed by atoms with Crippen molar-refractivity contribution in [3.8, 4) is 28.7 Å². The zero-order valence-electron chi connectivity index (χ0n) is 29.3. The lowest BCUT2D eigenvalue weighted by molar-refractivity contribution is -0.130. The molecule has 4 bridgehead atoms. The molecule has 0 spiro atoms. The number of oxazole rings is 1. The van der Waals surface area contributed by atoms with Gasteiger partial charge in [0.15, 0.2) is 11.5 Å². The first-order chi connectivity index (χ1) is 23.8. The molecule has 12 nitrogen and oxygen atoms in total. The van der Waals surface area contributed by atoms with E-state index in [0.29, 0.717) is 61.6 Å². The normalized spacial score (nSPS) is 18.6. The van der Waals surface area contributed by atoms with Crippen molar-refractivity contribution < 1.29 is 33.0 Å². The number of unbranched alkanes of at least 4 members (excludes halogenated alkanes) is 1.